The standard InChI is InChI=1S/C21H26N2O5S/c1-27-17-5-3-16(4-6-17)15-22-21(24)23-13-11-20(12-14-23)29(25,26)19-9-7-18(28-2)8-10-19/h3-10,20H,11-15H2,1-2H3,(H,22,24). The molecule has 0 radical (unpaired) electrons. The molecule has 0 aliphatic carbocycles. The van der Waals surface area contributed by atoms with Crippen LogP contribution in [-0.2, 0) is 16.4 Å². The molecule has 1 fully saturated rings. The van der Waals surface area contributed by atoms with E-state index >= 15 is 0 Å². The molecule has 2 aromatic rings. The molecular formula is C21H26N2O5S. The van der Waals surface area contributed by atoms with Crippen LogP contribution in [0, 0.1) is 0 Å². The van der Waals surface area contributed by atoms with Gasteiger partial charge in [0.05, 0.1) is 24.4 Å². The molecule has 0 spiro atoms. The highest BCUT2D eigenvalue weighted by Gasteiger charge is 2.32. The molecule has 1 saturated heterocycles. The molecule has 156 valence electrons. The van der Waals surface area contributed by atoms with Gasteiger partial charge in [-0.15, -0.1) is 0 Å². The third kappa shape index (κ3) is 5.00. The highest BCUT2D eigenvalue weighted by Crippen LogP contribution is 2.26. The number of rotatable bonds is 6. The van der Waals surface area contributed by atoms with Gasteiger partial charge in [-0.25, -0.2) is 13.2 Å². The first-order chi connectivity index (χ1) is 13.9. The Labute approximate surface area is 171 Å². The summed E-state index contributed by atoms with van der Waals surface area (Å²) >= 11 is 0. The fraction of sp³-hybridized carbons (Fsp3) is 0.381. The molecule has 8 heteroatoms. The second kappa shape index (κ2) is 9.17. The normalized spacial score (nSPS) is 15.0. The zero-order valence-corrected chi connectivity index (χ0v) is 17.4. The van der Waals surface area contributed by atoms with E-state index in [4.69, 9.17) is 9.47 Å². The lowest BCUT2D eigenvalue weighted by Crippen LogP contribution is -2.46. The van der Waals surface area contributed by atoms with Crippen LogP contribution in [0.15, 0.2) is 53.4 Å². The topological polar surface area (TPSA) is 84.9 Å². The van der Waals surface area contributed by atoms with Crippen LogP contribution in [0.4, 0.5) is 4.79 Å². The third-order valence-electron chi connectivity index (χ3n) is 5.16. The zero-order chi connectivity index (χ0) is 20.9. The lowest BCUT2D eigenvalue weighted by molar-refractivity contribution is 0.186. The van der Waals surface area contributed by atoms with E-state index in [1.807, 2.05) is 24.3 Å². The summed E-state index contributed by atoms with van der Waals surface area (Å²) in [4.78, 5) is 14.4. The molecule has 0 bridgehead atoms. The number of methoxy groups -OCH3 is 2. The average molecular weight is 419 g/mol. The van der Waals surface area contributed by atoms with Gasteiger partial charge in [-0.2, -0.15) is 0 Å². The Bertz CT molecular complexity index is 919. The minimum atomic E-state index is -3.42. The van der Waals surface area contributed by atoms with Gasteiger partial charge in [-0.1, -0.05) is 12.1 Å². The van der Waals surface area contributed by atoms with Crippen LogP contribution in [0.1, 0.15) is 18.4 Å². The van der Waals surface area contributed by atoms with E-state index in [0.717, 1.165) is 11.3 Å². The number of nitrogens with one attached hydrogen (secondary N) is 1. The average Bonchev–Trinajstić information content (AvgIpc) is 2.78. The summed E-state index contributed by atoms with van der Waals surface area (Å²) in [5, 5.41) is 2.40. The molecule has 2 amide bonds. The van der Waals surface area contributed by atoms with E-state index in [2.05, 4.69) is 5.32 Å². The maximum Gasteiger partial charge on any atom is 0.317 e. The lowest BCUT2D eigenvalue weighted by Gasteiger charge is -2.31. The molecule has 1 aliphatic rings. The number of piperidine rings is 1. The van der Waals surface area contributed by atoms with Gasteiger partial charge < -0.3 is 19.7 Å². The molecule has 7 nitrogen and oxygen atoms in total. The molecule has 0 atom stereocenters. The van der Waals surface area contributed by atoms with Crippen LogP contribution in [0.3, 0.4) is 0 Å². The second-order valence-electron chi connectivity index (χ2n) is 6.91. The van der Waals surface area contributed by atoms with Gasteiger partial charge in [0.25, 0.3) is 0 Å². The first kappa shape index (κ1) is 21.0. The van der Waals surface area contributed by atoms with Gasteiger partial charge in [-0.05, 0) is 54.8 Å². The fourth-order valence-corrected chi connectivity index (χ4v) is 5.09. The van der Waals surface area contributed by atoms with Crippen molar-refractivity contribution in [1.29, 1.82) is 0 Å². The number of nitrogens with zero attached hydrogens (tertiary/aromatic N) is 1. The van der Waals surface area contributed by atoms with Crippen LogP contribution >= 0.6 is 0 Å². The Morgan fingerprint density at radius 3 is 2.00 bits per heavy atom. The maximum absolute atomic E-state index is 12.9. The molecule has 3 rings (SSSR count). The molecule has 1 aliphatic heterocycles. The number of amides is 2. The van der Waals surface area contributed by atoms with Crippen molar-refractivity contribution in [2.75, 3.05) is 27.3 Å². The number of carbonyl (C=O) groups excluding carboxylic acids is 1. The van der Waals surface area contributed by atoms with E-state index in [9.17, 15) is 13.2 Å². The predicted molar refractivity (Wildman–Crippen MR) is 110 cm³/mol. The van der Waals surface area contributed by atoms with Crippen molar-refractivity contribution < 1.29 is 22.7 Å². The van der Waals surface area contributed by atoms with Gasteiger partial charge >= 0.3 is 6.03 Å². The monoisotopic (exact) mass is 418 g/mol. The summed E-state index contributed by atoms with van der Waals surface area (Å²) < 4.78 is 35.9. The molecule has 1 N–H and O–H groups in total. The molecule has 0 unspecified atom stereocenters. The lowest BCUT2D eigenvalue weighted by atomic mass is 10.1. The second-order valence-corrected chi connectivity index (χ2v) is 9.14. The Morgan fingerprint density at radius 2 is 1.48 bits per heavy atom. The van der Waals surface area contributed by atoms with E-state index in [0.29, 0.717) is 43.1 Å². The number of carbonyl (C=O) groups is 1. The van der Waals surface area contributed by atoms with Crippen LogP contribution in [0.5, 0.6) is 11.5 Å². The summed E-state index contributed by atoms with van der Waals surface area (Å²) in [6.45, 7) is 1.23. The number of hydrogen-bond donors (Lipinski definition) is 1. The quantitative estimate of drug-likeness (QED) is 0.780. The fourth-order valence-electron chi connectivity index (χ4n) is 3.36. The SMILES string of the molecule is COc1ccc(CNC(=O)N2CCC(S(=O)(=O)c3ccc(OC)cc3)CC2)cc1. The van der Waals surface area contributed by atoms with Gasteiger partial charge in [-0.3, -0.25) is 0 Å². The Kier molecular flexibility index (Phi) is 6.64. The number of ether oxygens (including phenoxy) is 2. The van der Waals surface area contributed by atoms with Crippen LogP contribution in [0.25, 0.3) is 0 Å². The van der Waals surface area contributed by atoms with Crippen molar-refractivity contribution in [1.82, 2.24) is 10.2 Å². The first-order valence-corrected chi connectivity index (χ1v) is 11.0. The molecule has 29 heavy (non-hydrogen) atoms. The predicted octanol–water partition coefficient (Wildman–Crippen LogP) is 2.85. The number of hydrogen-bond acceptors (Lipinski definition) is 5. The van der Waals surface area contributed by atoms with Crippen LogP contribution in [0.2, 0.25) is 0 Å². The largest absolute Gasteiger partial charge is 0.497 e. The smallest absolute Gasteiger partial charge is 0.317 e. The molecular weight excluding hydrogens is 392 g/mol. The van der Waals surface area contributed by atoms with Crippen molar-refractivity contribution in [2.24, 2.45) is 0 Å². The summed E-state index contributed by atoms with van der Waals surface area (Å²) in [6, 6.07) is 13.7. The number of sulfone groups is 1. The summed E-state index contributed by atoms with van der Waals surface area (Å²) in [6.07, 6.45) is 0.842. The first-order valence-electron chi connectivity index (χ1n) is 9.47. The van der Waals surface area contributed by atoms with Gasteiger partial charge in [0, 0.05) is 19.6 Å². The molecule has 0 aromatic heterocycles. The van der Waals surface area contributed by atoms with E-state index in [1.54, 1.807) is 43.4 Å². The van der Waals surface area contributed by atoms with Crippen LogP contribution < -0.4 is 14.8 Å². The number of benzene rings is 2. The van der Waals surface area contributed by atoms with E-state index in [-0.39, 0.29) is 6.03 Å². The number of likely N-dealkylation sites (tertiary alicyclic amines) is 1. The van der Waals surface area contributed by atoms with E-state index in [1.165, 1.54) is 0 Å². The summed E-state index contributed by atoms with van der Waals surface area (Å²) in [5.41, 5.74) is 0.969. The van der Waals surface area contributed by atoms with Gasteiger partial charge in [0.2, 0.25) is 0 Å². The molecule has 1 heterocycles. The Hall–Kier alpha value is -2.74. The van der Waals surface area contributed by atoms with Crippen molar-refractivity contribution in [2.45, 2.75) is 29.5 Å². The Morgan fingerprint density at radius 1 is 0.966 bits per heavy atom. The maximum atomic E-state index is 12.9. The van der Waals surface area contributed by atoms with Gasteiger partial charge in [0.1, 0.15) is 11.5 Å². The van der Waals surface area contributed by atoms with Crippen molar-refractivity contribution in [3.8, 4) is 11.5 Å². The van der Waals surface area contributed by atoms with Gasteiger partial charge in [0.15, 0.2) is 9.84 Å². The summed E-state index contributed by atoms with van der Waals surface area (Å²) in [7, 11) is -0.277. The Balaban J connectivity index is 1.52. The van der Waals surface area contributed by atoms with Crippen molar-refractivity contribution in [3.63, 3.8) is 0 Å². The summed E-state index contributed by atoms with van der Waals surface area (Å²) in [5.74, 6) is 1.38. The van der Waals surface area contributed by atoms with Crippen LogP contribution in [-0.4, -0.2) is 51.9 Å². The molecule has 2 aromatic carbocycles. The van der Waals surface area contributed by atoms with Crippen molar-refractivity contribution in [3.05, 3.63) is 54.1 Å². The van der Waals surface area contributed by atoms with Crippen molar-refractivity contribution >= 4 is 15.9 Å². The highest BCUT2D eigenvalue weighted by atomic mass is 32.2. The number of urea groups is 1. The third-order valence-corrected chi connectivity index (χ3v) is 7.44. The minimum Gasteiger partial charge on any atom is -0.497 e. The zero-order valence-electron chi connectivity index (χ0n) is 16.6. The molecule has 0 saturated carbocycles. The highest BCUT2D eigenvalue weighted by molar-refractivity contribution is 7.92. The van der Waals surface area contributed by atoms with E-state index < -0.39 is 15.1 Å². The minimum absolute atomic E-state index is 0.180.